The molecule has 0 aliphatic heterocycles. The molecule has 0 saturated carbocycles. The summed E-state index contributed by atoms with van der Waals surface area (Å²) in [4.78, 5) is 0. The summed E-state index contributed by atoms with van der Waals surface area (Å²) >= 11 is 6.19. The van der Waals surface area contributed by atoms with Gasteiger partial charge in [-0.3, -0.25) is 4.68 Å². The van der Waals surface area contributed by atoms with Crippen LogP contribution in [0.15, 0.2) is 24.3 Å². The second-order valence-electron chi connectivity index (χ2n) is 5.29. The number of aromatic nitrogens is 2. The summed E-state index contributed by atoms with van der Waals surface area (Å²) in [6.07, 6.45) is 1.37. The van der Waals surface area contributed by atoms with Crippen molar-refractivity contribution in [3.63, 3.8) is 0 Å². The lowest BCUT2D eigenvalue weighted by atomic mass is 10.1. The Morgan fingerprint density at radius 3 is 2.52 bits per heavy atom. The third kappa shape index (κ3) is 4.22. The average molecular weight is 309 g/mol. The maximum absolute atomic E-state index is 9.29. The lowest BCUT2D eigenvalue weighted by molar-refractivity contribution is 0.185. The standard InChI is InChI=1S/C16H21ClN2O2/c1-11(20)4-5-13-6-8-14(9-7-13)21-10-15-16(17)12(2)18-19(15)3/h6-9,11,20H,4-5,10H2,1-3H3. The summed E-state index contributed by atoms with van der Waals surface area (Å²) in [6, 6.07) is 7.92. The van der Waals surface area contributed by atoms with Crippen LogP contribution < -0.4 is 4.74 Å². The number of benzene rings is 1. The number of aliphatic hydroxyl groups is 1. The third-order valence-corrected chi connectivity index (χ3v) is 3.90. The second kappa shape index (κ2) is 6.96. The van der Waals surface area contributed by atoms with Crippen molar-refractivity contribution < 1.29 is 9.84 Å². The first-order chi connectivity index (χ1) is 9.97. The third-order valence-electron chi connectivity index (χ3n) is 3.41. The average Bonchev–Trinajstić information content (AvgIpc) is 2.69. The Balaban J connectivity index is 1.94. The lowest BCUT2D eigenvalue weighted by Gasteiger charge is -2.08. The van der Waals surface area contributed by atoms with Gasteiger partial charge in [0, 0.05) is 7.05 Å². The molecule has 5 heteroatoms. The molecule has 1 N–H and O–H groups in total. The quantitative estimate of drug-likeness (QED) is 0.891. The fourth-order valence-corrected chi connectivity index (χ4v) is 2.33. The lowest BCUT2D eigenvalue weighted by Crippen LogP contribution is -2.04. The van der Waals surface area contributed by atoms with E-state index in [0.29, 0.717) is 11.6 Å². The van der Waals surface area contributed by atoms with Crippen LogP contribution in [0.1, 0.15) is 30.3 Å². The molecule has 21 heavy (non-hydrogen) atoms. The highest BCUT2D eigenvalue weighted by molar-refractivity contribution is 6.31. The predicted octanol–water partition coefficient (Wildman–Crippen LogP) is 3.27. The van der Waals surface area contributed by atoms with Gasteiger partial charge in [0.25, 0.3) is 0 Å². The van der Waals surface area contributed by atoms with E-state index in [9.17, 15) is 5.11 Å². The molecule has 0 radical (unpaired) electrons. The highest BCUT2D eigenvalue weighted by Crippen LogP contribution is 2.22. The fourth-order valence-electron chi connectivity index (χ4n) is 2.12. The number of aliphatic hydroxyl groups excluding tert-OH is 1. The Bertz CT molecular complexity index is 591. The largest absolute Gasteiger partial charge is 0.487 e. The van der Waals surface area contributed by atoms with Crippen molar-refractivity contribution in [1.82, 2.24) is 9.78 Å². The van der Waals surface area contributed by atoms with Crippen molar-refractivity contribution in [3.8, 4) is 5.75 Å². The van der Waals surface area contributed by atoms with Gasteiger partial charge in [-0.2, -0.15) is 5.10 Å². The van der Waals surface area contributed by atoms with Gasteiger partial charge < -0.3 is 9.84 Å². The van der Waals surface area contributed by atoms with E-state index in [2.05, 4.69) is 5.10 Å². The summed E-state index contributed by atoms with van der Waals surface area (Å²) in [5.74, 6) is 0.797. The Morgan fingerprint density at radius 1 is 1.33 bits per heavy atom. The zero-order valence-corrected chi connectivity index (χ0v) is 13.4. The summed E-state index contributed by atoms with van der Waals surface area (Å²) in [5, 5.41) is 14.2. The first-order valence-electron chi connectivity index (χ1n) is 7.05. The molecule has 1 aromatic heterocycles. The molecule has 0 aliphatic carbocycles. The Kier molecular flexibility index (Phi) is 5.26. The molecule has 114 valence electrons. The van der Waals surface area contributed by atoms with Gasteiger partial charge in [0.15, 0.2) is 0 Å². The molecule has 1 atom stereocenters. The molecule has 4 nitrogen and oxygen atoms in total. The number of hydrogen-bond acceptors (Lipinski definition) is 3. The summed E-state index contributed by atoms with van der Waals surface area (Å²) in [5.41, 5.74) is 2.87. The molecule has 0 aliphatic rings. The van der Waals surface area contributed by atoms with Crippen LogP contribution in [0.3, 0.4) is 0 Å². The predicted molar refractivity (Wildman–Crippen MR) is 83.7 cm³/mol. The van der Waals surface area contributed by atoms with Gasteiger partial charge in [0.1, 0.15) is 12.4 Å². The van der Waals surface area contributed by atoms with Gasteiger partial charge in [0.05, 0.1) is 22.5 Å². The van der Waals surface area contributed by atoms with Gasteiger partial charge in [-0.05, 0) is 44.4 Å². The van der Waals surface area contributed by atoms with E-state index < -0.39 is 0 Å². The number of aryl methyl sites for hydroxylation is 3. The molecule has 0 bridgehead atoms. The minimum Gasteiger partial charge on any atom is -0.487 e. The minimum absolute atomic E-state index is 0.267. The maximum atomic E-state index is 9.29. The van der Waals surface area contributed by atoms with Crippen LogP contribution in [0.25, 0.3) is 0 Å². The van der Waals surface area contributed by atoms with Gasteiger partial charge in [-0.1, -0.05) is 23.7 Å². The zero-order valence-electron chi connectivity index (χ0n) is 12.6. The van der Waals surface area contributed by atoms with E-state index >= 15 is 0 Å². The van der Waals surface area contributed by atoms with E-state index in [1.54, 1.807) is 11.6 Å². The molecule has 1 unspecified atom stereocenters. The number of hydrogen-bond donors (Lipinski definition) is 1. The minimum atomic E-state index is -0.267. The zero-order chi connectivity index (χ0) is 15.4. The smallest absolute Gasteiger partial charge is 0.131 e. The number of halogens is 1. The van der Waals surface area contributed by atoms with Crippen molar-refractivity contribution in [1.29, 1.82) is 0 Å². The topological polar surface area (TPSA) is 47.3 Å². The monoisotopic (exact) mass is 308 g/mol. The van der Waals surface area contributed by atoms with E-state index in [1.807, 2.05) is 38.2 Å². The van der Waals surface area contributed by atoms with Gasteiger partial charge in [0.2, 0.25) is 0 Å². The van der Waals surface area contributed by atoms with E-state index in [1.165, 1.54) is 5.56 Å². The number of rotatable bonds is 6. The van der Waals surface area contributed by atoms with Crippen molar-refractivity contribution in [2.75, 3.05) is 0 Å². The van der Waals surface area contributed by atoms with Crippen LogP contribution >= 0.6 is 11.6 Å². The highest BCUT2D eigenvalue weighted by Gasteiger charge is 2.11. The highest BCUT2D eigenvalue weighted by atomic mass is 35.5. The molecule has 0 fully saturated rings. The second-order valence-corrected chi connectivity index (χ2v) is 5.67. The molecule has 1 heterocycles. The van der Waals surface area contributed by atoms with Crippen LogP contribution in [0.5, 0.6) is 5.75 Å². The Morgan fingerprint density at radius 2 is 2.00 bits per heavy atom. The maximum Gasteiger partial charge on any atom is 0.131 e. The summed E-state index contributed by atoms with van der Waals surface area (Å²) in [7, 11) is 1.86. The molecule has 0 saturated heterocycles. The molecular formula is C16H21ClN2O2. The normalized spacial score (nSPS) is 12.4. The van der Waals surface area contributed by atoms with Gasteiger partial charge in [-0.25, -0.2) is 0 Å². The van der Waals surface area contributed by atoms with Crippen LogP contribution in [-0.2, 0) is 20.1 Å². The van der Waals surface area contributed by atoms with Gasteiger partial charge >= 0.3 is 0 Å². The van der Waals surface area contributed by atoms with Crippen LogP contribution in [0.4, 0.5) is 0 Å². The SMILES string of the molecule is Cc1nn(C)c(COc2ccc(CCC(C)O)cc2)c1Cl. The van der Waals surface area contributed by atoms with Crippen molar-refractivity contribution in [2.45, 2.75) is 39.4 Å². The first-order valence-corrected chi connectivity index (χ1v) is 7.43. The molecule has 0 spiro atoms. The molecule has 1 aromatic carbocycles. The van der Waals surface area contributed by atoms with E-state index in [-0.39, 0.29) is 6.10 Å². The Hall–Kier alpha value is -1.52. The van der Waals surface area contributed by atoms with Crippen LogP contribution in [0, 0.1) is 6.92 Å². The van der Waals surface area contributed by atoms with E-state index in [4.69, 9.17) is 16.3 Å². The summed E-state index contributed by atoms with van der Waals surface area (Å²) < 4.78 is 7.50. The number of nitrogens with zero attached hydrogens (tertiary/aromatic N) is 2. The van der Waals surface area contributed by atoms with Crippen molar-refractivity contribution in [2.24, 2.45) is 7.05 Å². The molecular weight excluding hydrogens is 288 g/mol. The van der Waals surface area contributed by atoms with Crippen molar-refractivity contribution in [3.05, 3.63) is 46.2 Å². The van der Waals surface area contributed by atoms with E-state index in [0.717, 1.165) is 30.0 Å². The molecule has 2 rings (SSSR count). The first kappa shape index (κ1) is 15.9. The molecule has 0 amide bonds. The fraction of sp³-hybridized carbons (Fsp3) is 0.438. The van der Waals surface area contributed by atoms with Crippen LogP contribution in [0.2, 0.25) is 5.02 Å². The van der Waals surface area contributed by atoms with Crippen molar-refractivity contribution >= 4 is 11.6 Å². The Labute approximate surface area is 130 Å². The van der Waals surface area contributed by atoms with Gasteiger partial charge in [-0.15, -0.1) is 0 Å². The molecule has 2 aromatic rings. The summed E-state index contributed by atoms with van der Waals surface area (Å²) in [6.45, 7) is 4.07. The number of ether oxygens (including phenoxy) is 1. The van der Waals surface area contributed by atoms with Crippen LogP contribution in [-0.4, -0.2) is 21.0 Å².